The van der Waals surface area contributed by atoms with E-state index in [9.17, 15) is 0 Å². The van der Waals surface area contributed by atoms with Gasteiger partial charge in [-0.3, -0.25) is 0 Å². The predicted octanol–water partition coefficient (Wildman–Crippen LogP) is 2.04. The molecule has 2 rings (SSSR count). The predicted molar refractivity (Wildman–Crippen MR) is 62.3 cm³/mol. The van der Waals surface area contributed by atoms with Crippen LogP contribution < -0.4 is 5.32 Å². The smallest absolute Gasteiger partial charge is 0.154 e. The molecule has 16 heavy (non-hydrogen) atoms. The van der Waals surface area contributed by atoms with Crippen molar-refractivity contribution in [1.82, 2.24) is 19.7 Å². The summed E-state index contributed by atoms with van der Waals surface area (Å²) in [6.07, 6.45) is 3.27. The molecule has 0 aliphatic heterocycles. The Balaban J connectivity index is 2.10. The van der Waals surface area contributed by atoms with Crippen molar-refractivity contribution in [2.45, 2.75) is 13.0 Å². The van der Waals surface area contributed by atoms with E-state index in [-0.39, 0.29) is 6.04 Å². The Hall–Kier alpha value is -1.62. The van der Waals surface area contributed by atoms with E-state index in [1.54, 1.807) is 18.6 Å². The van der Waals surface area contributed by atoms with E-state index in [4.69, 9.17) is 11.6 Å². The van der Waals surface area contributed by atoms with Gasteiger partial charge >= 0.3 is 0 Å². The molecule has 1 unspecified atom stereocenters. The van der Waals surface area contributed by atoms with Crippen LogP contribution in [0.2, 0.25) is 5.02 Å². The summed E-state index contributed by atoms with van der Waals surface area (Å²) in [4.78, 5) is 4.16. The van der Waals surface area contributed by atoms with Crippen molar-refractivity contribution in [2.75, 3.05) is 5.32 Å². The summed E-state index contributed by atoms with van der Waals surface area (Å²) in [7, 11) is 1.91. The second-order valence-corrected chi connectivity index (χ2v) is 3.96. The molecular weight excluding hydrogens is 226 g/mol. The van der Waals surface area contributed by atoms with Gasteiger partial charge in [0.05, 0.1) is 11.1 Å². The molecule has 0 amide bonds. The highest BCUT2D eigenvalue weighted by Gasteiger charge is 2.11. The van der Waals surface area contributed by atoms with Gasteiger partial charge in [0.2, 0.25) is 0 Å². The summed E-state index contributed by atoms with van der Waals surface area (Å²) >= 11 is 5.76. The highest BCUT2D eigenvalue weighted by molar-refractivity contribution is 6.30. The van der Waals surface area contributed by atoms with Gasteiger partial charge in [-0.1, -0.05) is 11.6 Å². The van der Waals surface area contributed by atoms with Crippen LogP contribution in [0.15, 0.2) is 24.7 Å². The second-order valence-electron chi connectivity index (χ2n) is 3.53. The van der Waals surface area contributed by atoms with Gasteiger partial charge in [-0.05, 0) is 19.1 Å². The minimum absolute atomic E-state index is 0.0428. The van der Waals surface area contributed by atoms with Crippen LogP contribution in [-0.2, 0) is 7.05 Å². The third-order valence-corrected chi connectivity index (χ3v) is 2.45. The first-order valence-electron chi connectivity index (χ1n) is 4.89. The number of nitrogens with zero attached hydrogens (tertiary/aromatic N) is 4. The summed E-state index contributed by atoms with van der Waals surface area (Å²) in [5, 5.41) is 11.7. The Morgan fingerprint density at radius 1 is 1.44 bits per heavy atom. The van der Waals surface area contributed by atoms with Gasteiger partial charge in [0.15, 0.2) is 5.82 Å². The van der Waals surface area contributed by atoms with Crippen LogP contribution in [0.25, 0.3) is 0 Å². The van der Waals surface area contributed by atoms with Crippen LogP contribution in [0.4, 0.5) is 5.82 Å². The fourth-order valence-electron chi connectivity index (χ4n) is 1.43. The number of halogens is 1. The van der Waals surface area contributed by atoms with Crippen LogP contribution in [0.1, 0.15) is 18.8 Å². The van der Waals surface area contributed by atoms with Gasteiger partial charge in [-0.15, -0.1) is 10.2 Å². The molecule has 0 aliphatic rings. The first kappa shape index (κ1) is 10.9. The molecule has 0 spiro atoms. The zero-order chi connectivity index (χ0) is 11.5. The maximum absolute atomic E-state index is 5.76. The van der Waals surface area contributed by atoms with Crippen LogP contribution >= 0.6 is 11.6 Å². The monoisotopic (exact) mass is 237 g/mol. The SMILES string of the molecule is CC(Nc1ccc(Cl)cn1)c1nncn1C. The van der Waals surface area contributed by atoms with Crippen LogP contribution in [0, 0.1) is 0 Å². The minimum atomic E-state index is 0.0428. The molecular formula is C10H12ClN5. The maximum Gasteiger partial charge on any atom is 0.154 e. The Morgan fingerprint density at radius 3 is 2.81 bits per heavy atom. The van der Waals surface area contributed by atoms with E-state index in [1.807, 2.05) is 24.6 Å². The van der Waals surface area contributed by atoms with Crippen LogP contribution in [0.3, 0.4) is 0 Å². The van der Waals surface area contributed by atoms with Crippen LogP contribution in [0.5, 0.6) is 0 Å². The Kier molecular flexibility index (Phi) is 3.05. The van der Waals surface area contributed by atoms with Crippen molar-refractivity contribution in [3.63, 3.8) is 0 Å². The molecule has 2 aromatic heterocycles. The van der Waals surface area contributed by atoms with Gasteiger partial charge in [-0.2, -0.15) is 0 Å². The number of pyridine rings is 1. The first-order valence-corrected chi connectivity index (χ1v) is 5.26. The molecule has 0 saturated carbocycles. The lowest BCUT2D eigenvalue weighted by Gasteiger charge is -2.13. The number of hydrogen-bond acceptors (Lipinski definition) is 4. The van der Waals surface area contributed by atoms with Gasteiger partial charge in [-0.25, -0.2) is 4.98 Å². The summed E-state index contributed by atoms with van der Waals surface area (Å²) < 4.78 is 1.87. The van der Waals surface area contributed by atoms with Crippen molar-refractivity contribution in [3.8, 4) is 0 Å². The van der Waals surface area contributed by atoms with E-state index in [2.05, 4.69) is 20.5 Å². The molecule has 0 fully saturated rings. The summed E-state index contributed by atoms with van der Waals surface area (Å²) in [5.41, 5.74) is 0. The van der Waals surface area contributed by atoms with E-state index in [0.717, 1.165) is 11.6 Å². The standard InChI is InChI=1S/C10H12ClN5/c1-7(10-15-13-6-16(10)2)14-9-4-3-8(11)5-12-9/h3-7H,1-2H3,(H,12,14). The number of anilines is 1. The number of aromatic nitrogens is 4. The molecule has 0 aromatic carbocycles. The van der Waals surface area contributed by atoms with Crippen LogP contribution in [-0.4, -0.2) is 19.7 Å². The average Bonchev–Trinajstić information content (AvgIpc) is 2.68. The van der Waals surface area contributed by atoms with Crippen molar-refractivity contribution in [2.24, 2.45) is 7.05 Å². The topological polar surface area (TPSA) is 55.6 Å². The second kappa shape index (κ2) is 4.49. The summed E-state index contributed by atoms with van der Waals surface area (Å²) in [6.45, 7) is 2.00. The lowest BCUT2D eigenvalue weighted by Crippen LogP contribution is -2.12. The molecule has 0 bridgehead atoms. The van der Waals surface area contributed by atoms with E-state index >= 15 is 0 Å². The fraction of sp³-hybridized carbons (Fsp3) is 0.300. The zero-order valence-electron chi connectivity index (χ0n) is 9.05. The first-order chi connectivity index (χ1) is 7.66. The third kappa shape index (κ3) is 2.30. The van der Waals surface area contributed by atoms with Gasteiger partial charge in [0.25, 0.3) is 0 Å². The molecule has 84 valence electrons. The number of hydrogen-bond donors (Lipinski definition) is 1. The van der Waals surface area contributed by atoms with E-state index < -0.39 is 0 Å². The van der Waals surface area contributed by atoms with Crippen molar-refractivity contribution in [3.05, 3.63) is 35.5 Å². The minimum Gasteiger partial charge on any atom is -0.360 e. The molecule has 5 nitrogen and oxygen atoms in total. The number of aryl methyl sites for hydroxylation is 1. The fourth-order valence-corrected chi connectivity index (χ4v) is 1.54. The zero-order valence-corrected chi connectivity index (χ0v) is 9.81. The van der Waals surface area contributed by atoms with Crippen molar-refractivity contribution in [1.29, 1.82) is 0 Å². The summed E-state index contributed by atoms with van der Waals surface area (Å²) in [5.74, 6) is 1.62. The van der Waals surface area contributed by atoms with Gasteiger partial charge in [0.1, 0.15) is 12.1 Å². The highest BCUT2D eigenvalue weighted by Crippen LogP contribution is 2.16. The maximum atomic E-state index is 5.76. The number of rotatable bonds is 3. The van der Waals surface area contributed by atoms with E-state index in [1.165, 1.54) is 0 Å². The lowest BCUT2D eigenvalue weighted by atomic mass is 10.3. The third-order valence-electron chi connectivity index (χ3n) is 2.23. The molecule has 0 aliphatic carbocycles. The van der Waals surface area contributed by atoms with Crippen molar-refractivity contribution < 1.29 is 0 Å². The van der Waals surface area contributed by atoms with Gasteiger partial charge in [0, 0.05) is 13.2 Å². The number of nitrogens with one attached hydrogen (secondary N) is 1. The Morgan fingerprint density at radius 2 is 2.25 bits per heavy atom. The average molecular weight is 238 g/mol. The Labute approximate surface area is 98.5 Å². The van der Waals surface area contributed by atoms with E-state index in [0.29, 0.717) is 5.02 Å². The van der Waals surface area contributed by atoms with Crippen molar-refractivity contribution >= 4 is 17.4 Å². The molecule has 0 saturated heterocycles. The highest BCUT2D eigenvalue weighted by atomic mass is 35.5. The molecule has 1 atom stereocenters. The molecule has 6 heteroatoms. The molecule has 1 N–H and O–H groups in total. The lowest BCUT2D eigenvalue weighted by molar-refractivity contribution is 0.716. The quantitative estimate of drug-likeness (QED) is 0.888. The molecule has 2 aromatic rings. The summed E-state index contributed by atoms with van der Waals surface area (Å²) in [6, 6.07) is 3.66. The molecule has 2 heterocycles. The normalized spacial score (nSPS) is 12.4. The molecule has 0 radical (unpaired) electrons. The Bertz CT molecular complexity index is 464. The van der Waals surface area contributed by atoms with Gasteiger partial charge < -0.3 is 9.88 Å². The largest absolute Gasteiger partial charge is 0.360 e.